The molecule has 0 radical (unpaired) electrons. The summed E-state index contributed by atoms with van der Waals surface area (Å²) in [4.78, 5) is 16.4. The van der Waals surface area contributed by atoms with Crippen molar-refractivity contribution in [2.75, 3.05) is 6.54 Å². The second kappa shape index (κ2) is 6.19. The lowest BCUT2D eigenvalue weighted by Gasteiger charge is -2.25. The van der Waals surface area contributed by atoms with Crippen molar-refractivity contribution in [1.29, 1.82) is 0 Å². The summed E-state index contributed by atoms with van der Waals surface area (Å²) in [5, 5.41) is 2.97. The number of aromatic nitrogens is 2. The van der Waals surface area contributed by atoms with Crippen LogP contribution in [-0.4, -0.2) is 22.0 Å². The highest BCUT2D eigenvalue weighted by Crippen LogP contribution is 2.32. The van der Waals surface area contributed by atoms with Crippen molar-refractivity contribution in [3.63, 3.8) is 0 Å². The average Bonchev–Trinajstić information content (AvgIpc) is 2.97. The molecule has 0 saturated heterocycles. The van der Waals surface area contributed by atoms with Gasteiger partial charge in [0, 0.05) is 48.9 Å². The molecule has 4 nitrogen and oxygen atoms in total. The van der Waals surface area contributed by atoms with Gasteiger partial charge >= 0.3 is 0 Å². The van der Waals surface area contributed by atoms with E-state index < -0.39 is 0 Å². The number of amides is 1. The molecule has 1 amide bonds. The first-order valence-electron chi connectivity index (χ1n) is 8.74. The fourth-order valence-corrected chi connectivity index (χ4v) is 4.04. The number of hydrogen-bond acceptors (Lipinski definition) is 2. The van der Waals surface area contributed by atoms with E-state index in [2.05, 4.69) is 20.9 Å². The van der Waals surface area contributed by atoms with Crippen LogP contribution in [0.3, 0.4) is 0 Å². The molecule has 0 aromatic carbocycles. The predicted molar refractivity (Wildman–Crippen MR) is 90.3 cm³/mol. The van der Waals surface area contributed by atoms with Gasteiger partial charge in [-0.25, -0.2) is 0 Å². The molecule has 2 aromatic heterocycles. The van der Waals surface area contributed by atoms with Gasteiger partial charge in [-0.1, -0.05) is 19.3 Å². The highest BCUT2D eigenvalue weighted by atomic mass is 16.1. The Hall–Kier alpha value is -2.10. The maximum atomic E-state index is 12.2. The molecule has 1 aliphatic heterocycles. The van der Waals surface area contributed by atoms with E-state index in [1.807, 2.05) is 24.5 Å². The van der Waals surface area contributed by atoms with Gasteiger partial charge in [0.05, 0.1) is 5.56 Å². The van der Waals surface area contributed by atoms with Crippen molar-refractivity contribution in [2.45, 2.75) is 45.1 Å². The van der Waals surface area contributed by atoms with E-state index >= 15 is 0 Å². The van der Waals surface area contributed by atoms with Crippen LogP contribution < -0.4 is 5.32 Å². The molecule has 0 atom stereocenters. The summed E-state index contributed by atoms with van der Waals surface area (Å²) >= 11 is 0. The molecule has 4 rings (SSSR count). The van der Waals surface area contributed by atoms with Crippen molar-refractivity contribution in [1.82, 2.24) is 14.9 Å². The second-order valence-corrected chi connectivity index (χ2v) is 6.75. The van der Waals surface area contributed by atoms with Crippen LogP contribution in [0.4, 0.5) is 0 Å². The average molecular weight is 309 g/mol. The molecule has 0 bridgehead atoms. The first-order chi connectivity index (χ1) is 11.3. The maximum Gasteiger partial charge on any atom is 0.253 e. The summed E-state index contributed by atoms with van der Waals surface area (Å²) in [5.74, 6) is 0.815. The maximum absolute atomic E-state index is 12.2. The van der Waals surface area contributed by atoms with Crippen LogP contribution in [0.15, 0.2) is 30.6 Å². The molecular formula is C19H23N3O. The zero-order valence-corrected chi connectivity index (χ0v) is 13.4. The molecular weight excluding hydrogens is 286 g/mol. The van der Waals surface area contributed by atoms with E-state index in [4.69, 9.17) is 0 Å². The summed E-state index contributed by atoms with van der Waals surface area (Å²) < 4.78 is 2.42. The van der Waals surface area contributed by atoms with Crippen LogP contribution in [0, 0.1) is 5.92 Å². The van der Waals surface area contributed by atoms with Crippen molar-refractivity contribution in [3.8, 4) is 11.3 Å². The van der Waals surface area contributed by atoms with Gasteiger partial charge in [-0.2, -0.15) is 0 Å². The third-order valence-electron chi connectivity index (χ3n) is 5.24. The summed E-state index contributed by atoms with van der Waals surface area (Å²) in [6.45, 7) is 1.79. The molecule has 3 heterocycles. The summed E-state index contributed by atoms with van der Waals surface area (Å²) in [5.41, 5.74) is 4.39. The second-order valence-electron chi connectivity index (χ2n) is 6.75. The molecule has 1 fully saturated rings. The standard InChI is InChI=1S/C19H23N3O/c23-19-16-12-18(15-6-9-20-10-7-15)22(17(16)8-11-21-19)13-14-4-2-1-3-5-14/h6-7,9-10,12,14H,1-5,8,11,13H2,(H,21,23). The van der Waals surface area contributed by atoms with E-state index in [0.29, 0.717) is 0 Å². The Morgan fingerprint density at radius 2 is 1.96 bits per heavy atom. The molecule has 23 heavy (non-hydrogen) atoms. The summed E-state index contributed by atoms with van der Waals surface area (Å²) in [7, 11) is 0. The number of carbonyl (C=O) groups is 1. The van der Waals surface area contributed by atoms with Gasteiger partial charge in [0.2, 0.25) is 0 Å². The van der Waals surface area contributed by atoms with Crippen molar-refractivity contribution in [3.05, 3.63) is 41.9 Å². The van der Waals surface area contributed by atoms with E-state index in [1.54, 1.807) is 0 Å². The van der Waals surface area contributed by atoms with Gasteiger partial charge in [-0.05, 0) is 37.0 Å². The Morgan fingerprint density at radius 3 is 2.74 bits per heavy atom. The van der Waals surface area contributed by atoms with Crippen LogP contribution in [0.2, 0.25) is 0 Å². The topological polar surface area (TPSA) is 46.9 Å². The molecule has 1 N–H and O–H groups in total. The molecule has 2 aromatic rings. The van der Waals surface area contributed by atoms with Gasteiger partial charge in [0.15, 0.2) is 0 Å². The van der Waals surface area contributed by atoms with Crippen LogP contribution in [0.25, 0.3) is 11.3 Å². The van der Waals surface area contributed by atoms with E-state index in [0.717, 1.165) is 36.6 Å². The minimum atomic E-state index is 0.0731. The minimum Gasteiger partial charge on any atom is -0.352 e. The number of nitrogens with zero attached hydrogens (tertiary/aromatic N) is 2. The van der Waals surface area contributed by atoms with Crippen LogP contribution in [0.5, 0.6) is 0 Å². The highest BCUT2D eigenvalue weighted by Gasteiger charge is 2.26. The van der Waals surface area contributed by atoms with E-state index in [9.17, 15) is 4.79 Å². The number of hydrogen-bond donors (Lipinski definition) is 1. The lowest BCUT2D eigenvalue weighted by atomic mass is 9.89. The number of fused-ring (bicyclic) bond motifs is 1. The molecule has 1 saturated carbocycles. The molecule has 2 aliphatic rings. The summed E-state index contributed by atoms with van der Waals surface area (Å²) in [6.07, 6.45) is 11.3. The normalized spacial score (nSPS) is 18.5. The smallest absolute Gasteiger partial charge is 0.253 e. The fraction of sp³-hybridized carbons (Fsp3) is 0.474. The number of rotatable bonds is 3. The van der Waals surface area contributed by atoms with Gasteiger partial charge in [0.1, 0.15) is 0 Å². The zero-order chi connectivity index (χ0) is 15.6. The van der Waals surface area contributed by atoms with Gasteiger partial charge < -0.3 is 9.88 Å². The van der Waals surface area contributed by atoms with Crippen molar-refractivity contribution >= 4 is 5.91 Å². The molecule has 0 unspecified atom stereocenters. The SMILES string of the molecule is O=C1NCCc2c1cc(-c1ccncc1)n2CC1CCCCC1. The van der Waals surface area contributed by atoms with E-state index in [-0.39, 0.29) is 5.91 Å². The van der Waals surface area contributed by atoms with Gasteiger partial charge in [-0.3, -0.25) is 9.78 Å². The largest absolute Gasteiger partial charge is 0.352 e. The Balaban J connectivity index is 1.76. The quantitative estimate of drug-likeness (QED) is 0.944. The first-order valence-corrected chi connectivity index (χ1v) is 8.74. The monoisotopic (exact) mass is 309 g/mol. The molecule has 0 spiro atoms. The van der Waals surface area contributed by atoms with E-state index in [1.165, 1.54) is 43.5 Å². The Labute approximate surface area is 136 Å². The number of pyridine rings is 1. The highest BCUT2D eigenvalue weighted by molar-refractivity contribution is 5.98. The third kappa shape index (κ3) is 2.78. The van der Waals surface area contributed by atoms with Gasteiger partial charge in [0.25, 0.3) is 5.91 Å². The van der Waals surface area contributed by atoms with Gasteiger partial charge in [-0.15, -0.1) is 0 Å². The Bertz CT molecular complexity index is 699. The van der Waals surface area contributed by atoms with Crippen molar-refractivity contribution in [2.24, 2.45) is 5.92 Å². The lowest BCUT2D eigenvalue weighted by Crippen LogP contribution is -2.32. The van der Waals surface area contributed by atoms with Crippen LogP contribution >= 0.6 is 0 Å². The number of carbonyl (C=O) groups excluding carboxylic acids is 1. The fourth-order valence-electron chi connectivity index (χ4n) is 4.04. The third-order valence-corrected chi connectivity index (χ3v) is 5.24. The Kier molecular flexibility index (Phi) is 3.90. The Morgan fingerprint density at radius 1 is 1.17 bits per heavy atom. The lowest BCUT2D eigenvalue weighted by molar-refractivity contribution is 0.0945. The zero-order valence-electron chi connectivity index (χ0n) is 13.4. The van der Waals surface area contributed by atoms with Crippen LogP contribution in [-0.2, 0) is 13.0 Å². The summed E-state index contributed by atoms with van der Waals surface area (Å²) in [6, 6.07) is 6.15. The molecule has 120 valence electrons. The predicted octanol–water partition coefficient (Wildman–Crippen LogP) is 3.42. The number of nitrogens with one attached hydrogen (secondary N) is 1. The van der Waals surface area contributed by atoms with Crippen molar-refractivity contribution < 1.29 is 4.79 Å². The molecule has 4 heteroatoms. The minimum absolute atomic E-state index is 0.0731. The first kappa shape index (κ1) is 14.5. The molecule has 1 aliphatic carbocycles. The van der Waals surface area contributed by atoms with Crippen LogP contribution in [0.1, 0.15) is 48.2 Å².